The van der Waals surface area contributed by atoms with Gasteiger partial charge in [-0.25, -0.2) is 4.79 Å². The molecule has 2 aliphatic rings. The van der Waals surface area contributed by atoms with Crippen molar-refractivity contribution >= 4 is 6.03 Å². The second-order valence-electron chi connectivity index (χ2n) is 5.37. The van der Waals surface area contributed by atoms with Gasteiger partial charge in [0.15, 0.2) is 0 Å². The van der Waals surface area contributed by atoms with Gasteiger partial charge in [-0.05, 0) is 30.4 Å². The number of fused-ring (bicyclic) bond motifs is 1. The third-order valence-corrected chi connectivity index (χ3v) is 4.10. The Morgan fingerprint density at radius 2 is 1.89 bits per heavy atom. The lowest BCUT2D eigenvalue weighted by Crippen LogP contribution is -2.45. The number of rotatable bonds is 1. The van der Waals surface area contributed by atoms with E-state index in [2.05, 4.69) is 29.6 Å². The van der Waals surface area contributed by atoms with Crippen molar-refractivity contribution in [1.29, 1.82) is 0 Å². The Morgan fingerprint density at radius 1 is 1.17 bits per heavy atom. The molecule has 1 aliphatic carbocycles. The Labute approximate surface area is 108 Å². The van der Waals surface area contributed by atoms with Crippen LogP contribution < -0.4 is 5.32 Å². The van der Waals surface area contributed by atoms with Gasteiger partial charge in [-0.3, -0.25) is 0 Å². The Morgan fingerprint density at radius 3 is 2.67 bits per heavy atom. The fraction of sp³-hybridized carbons (Fsp3) is 0.533. The zero-order valence-electron chi connectivity index (χ0n) is 10.7. The lowest BCUT2D eigenvalue weighted by Gasteiger charge is -2.30. The molecule has 0 unspecified atom stereocenters. The number of carbonyl (C=O) groups is 1. The highest BCUT2D eigenvalue weighted by molar-refractivity contribution is 5.75. The average molecular weight is 244 g/mol. The molecule has 0 saturated heterocycles. The average Bonchev–Trinajstić information content (AvgIpc) is 2.91. The van der Waals surface area contributed by atoms with E-state index >= 15 is 0 Å². The molecular formula is C15H20N2O. The lowest BCUT2D eigenvalue weighted by molar-refractivity contribution is 0.188. The smallest absolute Gasteiger partial charge is 0.317 e. The van der Waals surface area contributed by atoms with Gasteiger partial charge in [0.2, 0.25) is 0 Å². The first-order valence-electron chi connectivity index (χ1n) is 6.95. The Kier molecular flexibility index (Phi) is 3.22. The van der Waals surface area contributed by atoms with Crippen LogP contribution in [-0.4, -0.2) is 23.5 Å². The number of benzene rings is 1. The van der Waals surface area contributed by atoms with Gasteiger partial charge in [-0.2, -0.15) is 0 Å². The fourth-order valence-electron chi connectivity index (χ4n) is 3.01. The second-order valence-corrected chi connectivity index (χ2v) is 5.37. The molecule has 96 valence electrons. The van der Waals surface area contributed by atoms with E-state index in [0.29, 0.717) is 6.04 Å². The lowest BCUT2D eigenvalue weighted by atomic mass is 10.0. The Bertz CT molecular complexity index is 438. The molecule has 0 radical (unpaired) electrons. The standard InChI is InChI=1S/C15H20N2O/c18-15(16-14-7-3-4-8-14)17-10-9-12-5-1-2-6-13(12)11-17/h1-2,5-6,14H,3-4,7-11H2,(H,16,18). The van der Waals surface area contributed by atoms with Gasteiger partial charge < -0.3 is 10.2 Å². The van der Waals surface area contributed by atoms with Crippen molar-refractivity contribution in [2.75, 3.05) is 6.54 Å². The maximum absolute atomic E-state index is 12.2. The summed E-state index contributed by atoms with van der Waals surface area (Å²) in [5.41, 5.74) is 2.69. The van der Waals surface area contributed by atoms with Crippen LogP contribution in [0.5, 0.6) is 0 Å². The van der Waals surface area contributed by atoms with E-state index in [1.54, 1.807) is 0 Å². The van der Waals surface area contributed by atoms with Crippen molar-refractivity contribution < 1.29 is 4.79 Å². The minimum absolute atomic E-state index is 0.122. The van der Waals surface area contributed by atoms with Crippen molar-refractivity contribution in [1.82, 2.24) is 10.2 Å². The van der Waals surface area contributed by atoms with Crippen LogP contribution in [0.1, 0.15) is 36.8 Å². The molecule has 1 aliphatic heterocycles. The number of amides is 2. The van der Waals surface area contributed by atoms with Crippen molar-refractivity contribution in [3.05, 3.63) is 35.4 Å². The van der Waals surface area contributed by atoms with Crippen LogP contribution in [0, 0.1) is 0 Å². The molecule has 18 heavy (non-hydrogen) atoms. The van der Waals surface area contributed by atoms with Crippen molar-refractivity contribution in [2.45, 2.75) is 44.7 Å². The van der Waals surface area contributed by atoms with Gasteiger partial charge in [0, 0.05) is 19.1 Å². The summed E-state index contributed by atoms with van der Waals surface area (Å²) in [5, 5.41) is 3.17. The topological polar surface area (TPSA) is 32.3 Å². The van der Waals surface area contributed by atoms with E-state index in [0.717, 1.165) is 32.4 Å². The number of hydrogen-bond acceptors (Lipinski definition) is 1. The van der Waals surface area contributed by atoms with E-state index in [-0.39, 0.29) is 6.03 Å². The molecule has 3 heteroatoms. The van der Waals surface area contributed by atoms with Gasteiger partial charge in [-0.1, -0.05) is 37.1 Å². The minimum Gasteiger partial charge on any atom is -0.335 e. The summed E-state index contributed by atoms with van der Waals surface area (Å²) in [6.07, 6.45) is 5.79. The zero-order chi connectivity index (χ0) is 12.4. The number of nitrogens with zero attached hydrogens (tertiary/aromatic N) is 1. The van der Waals surface area contributed by atoms with Crippen LogP contribution in [0.3, 0.4) is 0 Å². The van der Waals surface area contributed by atoms with Crippen molar-refractivity contribution in [3.8, 4) is 0 Å². The number of hydrogen-bond donors (Lipinski definition) is 1. The van der Waals surface area contributed by atoms with E-state index in [4.69, 9.17) is 0 Å². The van der Waals surface area contributed by atoms with E-state index in [1.165, 1.54) is 24.0 Å². The molecule has 0 bridgehead atoms. The molecule has 2 amide bonds. The summed E-state index contributed by atoms with van der Waals surface area (Å²) >= 11 is 0. The highest BCUT2D eigenvalue weighted by atomic mass is 16.2. The molecule has 0 atom stereocenters. The number of carbonyl (C=O) groups excluding carboxylic acids is 1. The van der Waals surface area contributed by atoms with E-state index in [9.17, 15) is 4.79 Å². The first kappa shape index (κ1) is 11.6. The highest BCUT2D eigenvalue weighted by Crippen LogP contribution is 2.20. The molecule has 1 N–H and O–H groups in total. The summed E-state index contributed by atoms with van der Waals surface area (Å²) in [7, 11) is 0. The summed E-state index contributed by atoms with van der Waals surface area (Å²) in [6, 6.07) is 8.96. The monoisotopic (exact) mass is 244 g/mol. The van der Waals surface area contributed by atoms with Crippen LogP contribution >= 0.6 is 0 Å². The highest BCUT2D eigenvalue weighted by Gasteiger charge is 2.23. The molecule has 3 nitrogen and oxygen atoms in total. The molecule has 1 aromatic carbocycles. The number of urea groups is 1. The van der Waals surface area contributed by atoms with Gasteiger partial charge >= 0.3 is 6.03 Å². The van der Waals surface area contributed by atoms with E-state index < -0.39 is 0 Å². The molecular weight excluding hydrogens is 224 g/mol. The van der Waals surface area contributed by atoms with Gasteiger partial charge in [0.05, 0.1) is 0 Å². The van der Waals surface area contributed by atoms with E-state index in [1.807, 2.05) is 4.90 Å². The van der Waals surface area contributed by atoms with Crippen LogP contribution in [0.25, 0.3) is 0 Å². The molecule has 1 fully saturated rings. The zero-order valence-corrected chi connectivity index (χ0v) is 10.7. The van der Waals surface area contributed by atoms with Crippen LogP contribution in [0.4, 0.5) is 4.79 Å². The quantitative estimate of drug-likeness (QED) is 0.809. The van der Waals surface area contributed by atoms with Crippen LogP contribution in [-0.2, 0) is 13.0 Å². The predicted molar refractivity (Wildman–Crippen MR) is 71.3 cm³/mol. The van der Waals surface area contributed by atoms with Crippen molar-refractivity contribution in [3.63, 3.8) is 0 Å². The third kappa shape index (κ3) is 2.35. The Hall–Kier alpha value is -1.51. The normalized spacial score (nSPS) is 19.7. The molecule has 0 aromatic heterocycles. The largest absolute Gasteiger partial charge is 0.335 e. The summed E-state index contributed by atoms with van der Waals surface area (Å²) in [4.78, 5) is 14.1. The minimum atomic E-state index is 0.122. The molecule has 1 heterocycles. The predicted octanol–water partition coefficient (Wildman–Crippen LogP) is 2.70. The SMILES string of the molecule is O=C(NC1CCCC1)N1CCc2ccccc2C1. The molecule has 1 aromatic rings. The third-order valence-electron chi connectivity index (χ3n) is 4.10. The van der Waals surface area contributed by atoms with Gasteiger partial charge in [-0.15, -0.1) is 0 Å². The van der Waals surface area contributed by atoms with Crippen molar-refractivity contribution in [2.24, 2.45) is 0 Å². The first-order chi connectivity index (χ1) is 8.83. The van der Waals surface area contributed by atoms with Crippen LogP contribution in [0.15, 0.2) is 24.3 Å². The molecule has 0 spiro atoms. The molecule has 1 saturated carbocycles. The summed E-state index contributed by atoms with van der Waals surface area (Å²) in [6.45, 7) is 1.60. The first-order valence-corrected chi connectivity index (χ1v) is 6.95. The fourth-order valence-corrected chi connectivity index (χ4v) is 3.01. The number of nitrogens with one attached hydrogen (secondary N) is 1. The maximum Gasteiger partial charge on any atom is 0.317 e. The van der Waals surface area contributed by atoms with Gasteiger partial charge in [0.1, 0.15) is 0 Å². The van der Waals surface area contributed by atoms with Crippen LogP contribution in [0.2, 0.25) is 0 Å². The van der Waals surface area contributed by atoms with Gasteiger partial charge in [0.25, 0.3) is 0 Å². The second kappa shape index (κ2) is 5.01. The maximum atomic E-state index is 12.2. The Balaban J connectivity index is 1.62. The summed E-state index contributed by atoms with van der Waals surface area (Å²) in [5.74, 6) is 0. The summed E-state index contributed by atoms with van der Waals surface area (Å²) < 4.78 is 0. The molecule has 3 rings (SSSR count).